The Hall–Kier alpha value is -2.90. The van der Waals surface area contributed by atoms with E-state index >= 15 is 0 Å². The zero-order valence-corrected chi connectivity index (χ0v) is 17.5. The highest BCUT2D eigenvalue weighted by Gasteiger charge is 2.31. The lowest BCUT2D eigenvalue weighted by atomic mass is 10.2. The summed E-state index contributed by atoms with van der Waals surface area (Å²) in [4.78, 5) is 16.9. The van der Waals surface area contributed by atoms with Crippen LogP contribution in [0.15, 0.2) is 48.8 Å². The van der Waals surface area contributed by atoms with Gasteiger partial charge in [-0.15, -0.1) is 18.3 Å². The molecule has 1 N–H and O–H groups in total. The number of anilines is 2. The molecular weight excluding hydrogens is 521 g/mol. The number of ether oxygens (including phenoxy) is 1. The van der Waals surface area contributed by atoms with Crippen molar-refractivity contribution in [3.63, 3.8) is 0 Å². The van der Waals surface area contributed by atoms with Crippen LogP contribution in [0.1, 0.15) is 5.56 Å². The molecule has 0 fully saturated rings. The van der Waals surface area contributed by atoms with E-state index in [0.717, 1.165) is 0 Å². The van der Waals surface area contributed by atoms with Gasteiger partial charge in [-0.05, 0) is 42.0 Å². The van der Waals surface area contributed by atoms with Crippen LogP contribution in [0.25, 0.3) is 5.69 Å². The van der Waals surface area contributed by atoms with Gasteiger partial charge in [0.25, 0.3) is 3.91 Å². The zero-order chi connectivity index (χ0) is 21.9. The van der Waals surface area contributed by atoms with Crippen LogP contribution in [0.4, 0.5) is 34.0 Å². The number of amides is 1. The zero-order valence-electron chi connectivity index (χ0n) is 15.3. The van der Waals surface area contributed by atoms with E-state index in [1.165, 1.54) is 70.0 Å². The Balaban J connectivity index is 1.68. The number of halogens is 5. The summed E-state index contributed by atoms with van der Waals surface area (Å²) in [6.45, 7) is 0.289. The van der Waals surface area contributed by atoms with Gasteiger partial charge in [-0.1, -0.05) is 6.07 Å². The molecule has 1 amide bonds. The molecule has 30 heavy (non-hydrogen) atoms. The minimum atomic E-state index is -4.76. The van der Waals surface area contributed by atoms with E-state index in [1.54, 1.807) is 18.0 Å². The molecule has 1 heterocycles. The maximum Gasteiger partial charge on any atom is 0.573 e. The fourth-order valence-electron chi connectivity index (χ4n) is 2.56. The van der Waals surface area contributed by atoms with E-state index in [-0.39, 0.29) is 18.0 Å². The molecule has 12 heteroatoms. The molecule has 0 bridgehead atoms. The summed E-state index contributed by atoms with van der Waals surface area (Å²) in [5, 5.41) is 6.66. The van der Waals surface area contributed by atoms with Crippen molar-refractivity contribution in [2.75, 3.05) is 17.3 Å². The molecule has 3 rings (SSSR count). The van der Waals surface area contributed by atoms with Gasteiger partial charge in [-0.25, -0.2) is 9.07 Å². The minimum absolute atomic E-state index is 0.0844. The Kier molecular flexibility index (Phi) is 6.43. The lowest BCUT2D eigenvalue weighted by Crippen LogP contribution is -2.18. The molecule has 2 aromatic carbocycles. The van der Waals surface area contributed by atoms with Crippen molar-refractivity contribution in [1.29, 1.82) is 0 Å². The molecule has 0 saturated carbocycles. The number of benzene rings is 2. The molecule has 0 aliphatic heterocycles. The van der Waals surface area contributed by atoms with Crippen molar-refractivity contribution in [2.24, 2.45) is 0 Å². The number of hydrogen-bond acceptors (Lipinski definition) is 5. The Labute approximate surface area is 181 Å². The summed E-state index contributed by atoms with van der Waals surface area (Å²) in [6, 6.07) is 9.60. The van der Waals surface area contributed by atoms with E-state index in [9.17, 15) is 22.4 Å². The number of rotatable bonds is 6. The smallest absolute Gasteiger partial charge is 0.406 e. The summed E-state index contributed by atoms with van der Waals surface area (Å²) in [6.07, 6.45) is -3.35. The van der Waals surface area contributed by atoms with Crippen LogP contribution in [0.2, 0.25) is 0 Å². The van der Waals surface area contributed by atoms with E-state index in [0.29, 0.717) is 17.2 Å². The first-order valence-corrected chi connectivity index (χ1v) is 9.42. The van der Waals surface area contributed by atoms with Crippen LogP contribution in [-0.2, 0) is 6.54 Å². The van der Waals surface area contributed by atoms with Gasteiger partial charge in [0.1, 0.15) is 17.9 Å². The monoisotopic (exact) mass is 535 g/mol. The highest BCUT2D eigenvalue weighted by Crippen LogP contribution is 2.24. The third-order valence-electron chi connectivity index (χ3n) is 3.84. The predicted octanol–water partition coefficient (Wildman–Crippen LogP) is 4.91. The van der Waals surface area contributed by atoms with Crippen LogP contribution in [0.3, 0.4) is 0 Å². The Morgan fingerprint density at radius 1 is 1.23 bits per heavy atom. The SMILES string of the molecule is CN(Cc1ccc(NC(=O)I)c(F)c1)c1ncn(-c2ccc(OC(F)(F)F)cc2)n1. The summed E-state index contributed by atoms with van der Waals surface area (Å²) in [7, 11) is 1.71. The third-order valence-corrected chi connectivity index (χ3v) is 4.11. The first kappa shape index (κ1) is 21.8. The second kappa shape index (κ2) is 8.85. The van der Waals surface area contributed by atoms with Gasteiger partial charge in [-0.3, -0.25) is 4.79 Å². The van der Waals surface area contributed by atoms with Crippen LogP contribution in [-0.4, -0.2) is 32.1 Å². The average Bonchev–Trinajstić information content (AvgIpc) is 3.13. The highest BCUT2D eigenvalue weighted by molar-refractivity contribution is 14.1. The van der Waals surface area contributed by atoms with E-state index < -0.39 is 16.1 Å². The van der Waals surface area contributed by atoms with Gasteiger partial charge < -0.3 is 15.0 Å². The molecule has 0 unspecified atom stereocenters. The number of alkyl halides is 3. The molecule has 0 radical (unpaired) electrons. The normalized spacial score (nSPS) is 11.3. The fraction of sp³-hybridized carbons (Fsp3) is 0.167. The van der Waals surface area contributed by atoms with E-state index in [4.69, 9.17) is 0 Å². The molecule has 0 aliphatic carbocycles. The van der Waals surface area contributed by atoms with Crippen LogP contribution in [0, 0.1) is 5.82 Å². The first-order chi connectivity index (χ1) is 14.1. The molecule has 0 saturated heterocycles. The van der Waals surface area contributed by atoms with Crippen LogP contribution >= 0.6 is 22.6 Å². The summed E-state index contributed by atoms with van der Waals surface area (Å²) in [5.41, 5.74) is 1.20. The highest BCUT2D eigenvalue weighted by atomic mass is 127. The molecule has 7 nitrogen and oxygen atoms in total. The molecule has 1 aromatic heterocycles. The van der Waals surface area contributed by atoms with Gasteiger partial charge in [0.05, 0.1) is 11.4 Å². The predicted molar refractivity (Wildman–Crippen MR) is 110 cm³/mol. The van der Waals surface area contributed by atoms with Gasteiger partial charge in [0.15, 0.2) is 0 Å². The quantitative estimate of drug-likeness (QED) is 0.210. The lowest BCUT2D eigenvalue weighted by molar-refractivity contribution is -0.274. The van der Waals surface area contributed by atoms with Gasteiger partial charge in [0, 0.05) is 36.2 Å². The fourth-order valence-corrected chi connectivity index (χ4v) is 2.85. The van der Waals surface area contributed by atoms with E-state index in [1.807, 2.05) is 0 Å². The Bertz CT molecular complexity index is 1040. The summed E-state index contributed by atoms with van der Waals surface area (Å²) < 4.78 is 55.6. The number of nitrogens with one attached hydrogen (secondary N) is 1. The molecule has 0 spiro atoms. The van der Waals surface area contributed by atoms with Crippen LogP contribution < -0.4 is 15.0 Å². The summed E-state index contributed by atoms with van der Waals surface area (Å²) in [5.74, 6) is -0.575. The molecule has 0 aliphatic rings. The third kappa shape index (κ3) is 5.81. The van der Waals surface area contributed by atoms with Gasteiger partial charge in [-0.2, -0.15) is 4.98 Å². The molecular formula is C18H14F4IN5O2. The van der Waals surface area contributed by atoms with Crippen molar-refractivity contribution < 1.29 is 27.1 Å². The van der Waals surface area contributed by atoms with Crippen molar-refractivity contribution in [1.82, 2.24) is 14.8 Å². The van der Waals surface area contributed by atoms with Crippen molar-refractivity contribution in [3.8, 4) is 11.4 Å². The maximum atomic E-state index is 14.1. The second-order valence-corrected chi connectivity index (χ2v) is 7.08. The average molecular weight is 535 g/mol. The number of carbonyl (C=O) groups is 1. The minimum Gasteiger partial charge on any atom is -0.406 e. The first-order valence-electron chi connectivity index (χ1n) is 8.34. The number of hydrogen-bond donors (Lipinski definition) is 1. The van der Waals surface area contributed by atoms with Crippen molar-refractivity contribution in [2.45, 2.75) is 12.9 Å². The summed E-state index contributed by atoms with van der Waals surface area (Å²) >= 11 is 1.51. The van der Waals surface area contributed by atoms with E-state index in [2.05, 4.69) is 20.1 Å². The maximum absolute atomic E-state index is 14.1. The Morgan fingerprint density at radius 2 is 1.93 bits per heavy atom. The van der Waals surface area contributed by atoms with Crippen molar-refractivity contribution >= 4 is 38.1 Å². The topological polar surface area (TPSA) is 72.3 Å². The number of aromatic nitrogens is 3. The number of nitrogens with zero attached hydrogens (tertiary/aromatic N) is 4. The molecule has 158 valence electrons. The Morgan fingerprint density at radius 3 is 2.53 bits per heavy atom. The van der Waals surface area contributed by atoms with Gasteiger partial charge in [0.2, 0.25) is 5.95 Å². The number of carbonyl (C=O) groups excluding carboxylic acids is 1. The van der Waals surface area contributed by atoms with Crippen LogP contribution in [0.5, 0.6) is 5.75 Å². The molecule has 3 aromatic rings. The largest absolute Gasteiger partial charge is 0.573 e. The van der Waals surface area contributed by atoms with Gasteiger partial charge >= 0.3 is 6.36 Å². The lowest BCUT2D eigenvalue weighted by Gasteiger charge is -2.15. The second-order valence-electron chi connectivity index (χ2n) is 6.10. The standard InChI is InChI=1S/C18H14F4IN5O2/c1-27(9-11-2-7-15(14(19)8-11)25-16(23)29)17-24-10-28(26-17)12-3-5-13(6-4-12)30-18(20,21)22/h2-8,10H,9H2,1H3,(H,25,29). The van der Waals surface area contributed by atoms with Crippen molar-refractivity contribution in [3.05, 3.63) is 60.2 Å². The molecule has 0 atom stereocenters.